The number of ether oxygens (including phenoxy) is 1. The Morgan fingerprint density at radius 3 is 2.70 bits per heavy atom. The number of nitrogens with two attached hydrogens (primary N) is 1. The Balaban J connectivity index is 2.22. The van der Waals surface area contributed by atoms with Gasteiger partial charge in [0, 0.05) is 15.1 Å². The summed E-state index contributed by atoms with van der Waals surface area (Å²) >= 11 is 9.07. The van der Waals surface area contributed by atoms with E-state index in [0.29, 0.717) is 26.4 Å². The van der Waals surface area contributed by atoms with E-state index < -0.39 is 0 Å². The second-order valence-corrected chi connectivity index (χ2v) is 5.43. The highest BCUT2D eigenvalue weighted by molar-refractivity contribution is 9.10. The number of halogens is 3. The summed E-state index contributed by atoms with van der Waals surface area (Å²) in [6.07, 6.45) is 0. The summed E-state index contributed by atoms with van der Waals surface area (Å²) in [5.41, 5.74) is 6.29. The normalized spacial score (nSPS) is 10.3. The fourth-order valence-electron chi connectivity index (χ4n) is 1.63. The minimum atomic E-state index is -0.370. The van der Waals surface area contributed by atoms with Crippen LogP contribution < -0.4 is 10.5 Å². The molecule has 0 heterocycles. The van der Waals surface area contributed by atoms with Crippen LogP contribution in [0.15, 0.2) is 40.9 Å². The van der Waals surface area contributed by atoms with Crippen LogP contribution in [0.3, 0.4) is 0 Å². The van der Waals surface area contributed by atoms with E-state index in [1.807, 2.05) is 0 Å². The summed E-state index contributed by atoms with van der Waals surface area (Å²) < 4.78 is 19.9. The zero-order valence-corrected chi connectivity index (χ0v) is 12.6. The highest BCUT2D eigenvalue weighted by Crippen LogP contribution is 2.25. The average Bonchev–Trinajstić information content (AvgIpc) is 2.37. The highest BCUT2D eigenvalue weighted by atomic mass is 79.9. The lowest BCUT2D eigenvalue weighted by molar-refractivity contribution is 0.299. The molecule has 3 nitrogen and oxygen atoms in total. The van der Waals surface area contributed by atoms with Gasteiger partial charge in [-0.15, -0.1) is 0 Å². The van der Waals surface area contributed by atoms with Crippen molar-refractivity contribution in [3.05, 3.63) is 62.8 Å². The summed E-state index contributed by atoms with van der Waals surface area (Å²) in [7, 11) is 0. The van der Waals surface area contributed by atoms with Gasteiger partial charge in [-0.1, -0.05) is 33.6 Å². The monoisotopic (exact) mass is 356 g/mol. The first-order chi connectivity index (χ1) is 9.47. The van der Waals surface area contributed by atoms with Crippen LogP contribution in [0, 0.1) is 11.2 Å². The van der Waals surface area contributed by atoms with E-state index in [1.54, 1.807) is 30.3 Å². The molecule has 0 atom stereocenters. The van der Waals surface area contributed by atoms with Crippen molar-refractivity contribution in [1.29, 1.82) is 5.41 Å². The predicted molar refractivity (Wildman–Crippen MR) is 80.9 cm³/mol. The topological polar surface area (TPSA) is 59.1 Å². The molecule has 2 aromatic rings. The van der Waals surface area contributed by atoms with Gasteiger partial charge in [0.25, 0.3) is 0 Å². The third kappa shape index (κ3) is 3.49. The fourth-order valence-corrected chi connectivity index (χ4v) is 2.13. The van der Waals surface area contributed by atoms with Gasteiger partial charge in [0.05, 0.1) is 5.56 Å². The zero-order valence-electron chi connectivity index (χ0n) is 10.3. The predicted octanol–water partition coefficient (Wildman–Crippen LogP) is 4.10. The van der Waals surface area contributed by atoms with E-state index in [0.717, 1.165) is 0 Å². The number of nitrogen functional groups attached to an aromatic ring is 1. The van der Waals surface area contributed by atoms with Crippen molar-refractivity contribution >= 4 is 33.4 Å². The van der Waals surface area contributed by atoms with Crippen LogP contribution in [0.4, 0.5) is 4.39 Å². The molecular formula is C14H11BrClFN2O. The summed E-state index contributed by atoms with van der Waals surface area (Å²) in [5.74, 6) is -0.147. The number of nitrogens with one attached hydrogen (secondary N) is 1. The molecule has 0 aromatic heterocycles. The maximum absolute atomic E-state index is 13.7. The zero-order chi connectivity index (χ0) is 14.7. The molecule has 20 heavy (non-hydrogen) atoms. The smallest absolute Gasteiger partial charge is 0.132 e. The average molecular weight is 358 g/mol. The molecule has 0 aliphatic heterocycles. The van der Waals surface area contributed by atoms with Crippen molar-refractivity contribution in [1.82, 2.24) is 0 Å². The quantitative estimate of drug-likeness (QED) is 0.639. The number of hydrogen-bond acceptors (Lipinski definition) is 2. The number of hydrogen-bond donors (Lipinski definition) is 2. The summed E-state index contributed by atoms with van der Waals surface area (Å²) in [6.45, 7) is 0.0275. The Bertz CT molecular complexity index is 664. The molecule has 0 aliphatic carbocycles. The summed E-state index contributed by atoms with van der Waals surface area (Å²) in [4.78, 5) is 0. The van der Waals surface area contributed by atoms with E-state index in [1.165, 1.54) is 6.07 Å². The standard InChI is InChI=1S/C14H11BrClFN2O/c15-9-2-1-8(12(17)5-9)7-20-13-6-10(16)3-4-11(13)14(18)19/h1-6H,7H2,(H3,18,19). The van der Waals surface area contributed by atoms with E-state index in [4.69, 9.17) is 27.5 Å². The molecule has 3 N–H and O–H groups in total. The molecular weight excluding hydrogens is 347 g/mol. The molecule has 2 rings (SSSR count). The molecule has 104 valence electrons. The Kier molecular flexibility index (Phi) is 4.62. The van der Waals surface area contributed by atoms with Gasteiger partial charge in [-0.3, -0.25) is 5.41 Å². The van der Waals surface area contributed by atoms with Crippen LogP contribution in [0.1, 0.15) is 11.1 Å². The molecule has 0 bridgehead atoms. The third-order valence-corrected chi connectivity index (χ3v) is 3.36. The maximum atomic E-state index is 13.7. The lowest BCUT2D eigenvalue weighted by Crippen LogP contribution is -2.13. The Hall–Kier alpha value is -1.59. The van der Waals surface area contributed by atoms with Crippen LogP contribution in [0.2, 0.25) is 5.02 Å². The van der Waals surface area contributed by atoms with Gasteiger partial charge in [-0.05, 0) is 30.3 Å². The van der Waals surface area contributed by atoms with Crippen LogP contribution in [0.5, 0.6) is 5.75 Å². The largest absolute Gasteiger partial charge is 0.488 e. The molecule has 6 heteroatoms. The maximum Gasteiger partial charge on any atom is 0.132 e. The molecule has 0 spiro atoms. The minimum absolute atomic E-state index is 0.0275. The van der Waals surface area contributed by atoms with Gasteiger partial charge in [0.2, 0.25) is 0 Å². The SMILES string of the molecule is N=C(N)c1ccc(Cl)cc1OCc1ccc(Br)cc1F. The number of rotatable bonds is 4. The van der Waals surface area contributed by atoms with Crippen LogP contribution in [-0.2, 0) is 6.61 Å². The van der Waals surface area contributed by atoms with Gasteiger partial charge in [0.1, 0.15) is 24.0 Å². The third-order valence-electron chi connectivity index (χ3n) is 2.63. The van der Waals surface area contributed by atoms with Crippen LogP contribution >= 0.6 is 27.5 Å². The van der Waals surface area contributed by atoms with Crippen molar-refractivity contribution in [3.63, 3.8) is 0 Å². The van der Waals surface area contributed by atoms with Crippen molar-refractivity contribution in [2.45, 2.75) is 6.61 Å². The minimum Gasteiger partial charge on any atom is -0.488 e. The van der Waals surface area contributed by atoms with Crippen molar-refractivity contribution in [3.8, 4) is 5.75 Å². The molecule has 0 aliphatic rings. The molecule has 0 saturated carbocycles. The second-order valence-electron chi connectivity index (χ2n) is 4.08. The number of amidine groups is 1. The van der Waals surface area contributed by atoms with Gasteiger partial charge in [-0.2, -0.15) is 0 Å². The molecule has 2 aromatic carbocycles. The van der Waals surface area contributed by atoms with Gasteiger partial charge >= 0.3 is 0 Å². The summed E-state index contributed by atoms with van der Waals surface area (Å²) in [5, 5.41) is 7.93. The highest BCUT2D eigenvalue weighted by Gasteiger charge is 2.09. The van der Waals surface area contributed by atoms with Gasteiger partial charge in [-0.25, -0.2) is 4.39 Å². The molecule has 0 amide bonds. The summed E-state index contributed by atoms with van der Waals surface area (Å²) in [6, 6.07) is 9.48. The van der Waals surface area contributed by atoms with E-state index in [2.05, 4.69) is 15.9 Å². The van der Waals surface area contributed by atoms with Crippen molar-refractivity contribution < 1.29 is 9.13 Å². The molecule has 0 unspecified atom stereocenters. The Morgan fingerprint density at radius 1 is 1.30 bits per heavy atom. The first kappa shape index (κ1) is 14.8. The van der Waals surface area contributed by atoms with Crippen LogP contribution in [0.25, 0.3) is 0 Å². The fraction of sp³-hybridized carbons (Fsp3) is 0.0714. The second kappa shape index (κ2) is 6.24. The van der Waals surface area contributed by atoms with Crippen LogP contribution in [-0.4, -0.2) is 5.84 Å². The van der Waals surface area contributed by atoms with E-state index >= 15 is 0 Å². The van der Waals surface area contributed by atoms with Crippen molar-refractivity contribution in [2.24, 2.45) is 5.73 Å². The molecule has 0 radical (unpaired) electrons. The van der Waals surface area contributed by atoms with Crippen molar-refractivity contribution in [2.75, 3.05) is 0 Å². The van der Waals surface area contributed by atoms with E-state index in [-0.39, 0.29) is 18.3 Å². The first-order valence-corrected chi connectivity index (χ1v) is 6.85. The molecule has 0 saturated heterocycles. The van der Waals surface area contributed by atoms with Gasteiger partial charge < -0.3 is 10.5 Å². The number of benzene rings is 2. The Labute approximate surface area is 129 Å². The lowest BCUT2D eigenvalue weighted by Gasteiger charge is -2.11. The van der Waals surface area contributed by atoms with E-state index in [9.17, 15) is 4.39 Å². The molecule has 0 fully saturated rings. The first-order valence-electron chi connectivity index (χ1n) is 5.68. The lowest BCUT2D eigenvalue weighted by atomic mass is 10.2. The van der Waals surface area contributed by atoms with Gasteiger partial charge in [0.15, 0.2) is 0 Å². The Morgan fingerprint density at radius 2 is 2.05 bits per heavy atom.